The maximum Gasteiger partial charge on any atom is 0.205 e. The molecule has 0 heterocycles. The van der Waals surface area contributed by atoms with Gasteiger partial charge in [0.1, 0.15) is 0 Å². The molecule has 0 saturated heterocycles. The molecule has 0 bridgehead atoms. The highest BCUT2D eigenvalue weighted by Crippen LogP contribution is 2.30. The Labute approximate surface area is 96.9 Å². The zero-order valence-corrected chi connectivity index (χ0v) is 11.9. The Morgan fingerprint density at radius 1 is 1.15 bits per heavy atom. The molecule has 0 atom stereocenters. The average molecular weight is 322 g/mol. The number of halogens is 2. The fourth-order valence-electron chi connectivity index (χ4n) is 1.35. The Morgan fingerprint density at radius 3 is 2.31 bits per heavy atom. The van der Waals surface area contributed by atoms with E-state index in [1.54, 1.807) is 0 Å². The van der Waals surface area contributed by atoms with Gasteiger partial charge < -0.3 is 0 Å². The molecule has 0 nitrogen and oxygen atoms in total. The van der Waals surface area contributed by atoms with Crippen LogP contribution in [0.4, 0.5) is 0 Å². The summed E-state index contributed by atoms with van der Waals surface area (Å²) in [4.78, 5) is 0. The van der Waals surface area contributed by atoms with Gasteiger partial charge in [0.2, 0.25) is 5.31 Å². The van der Waals surface area contributed by atoms with Crippen molar-refractivity contribution in [3.05, 3.63) is 35.9 Å². The Hall–Kier alpha value is 0.397. The van der Waals surface area contributed by atoms with Crippen LogP contribution < -0.4 is 0 Å². The molecule has 0 aliphatic carbocycles. The lowest BCUT2D eigenvalue weighted by Crippen LogP contribution is -2.20. The van der Waals surface area contributed by atoms with E-state index in [4.69, 9.17) is 0 Å². The smallest absolute Gasteiger partial charge is 0.111 e. The third-order valence-corrected chi connectivity index (χ3v) is 8.14. The fraction of sp³-hybridized carbons (Fsp3) is 0.400. The molecule has 0 radical (unpaired) electrons. The van der Waals surface area contributed by atoms with E-state index < -0.39 is 5.31 Å². The minimum Gasteiger partial charge on any atom is -0.111 e. The highest BCUT2D eigenvalue weighted by Gasteiger charge is 2.25. The van der Waals surface area contributed by atoms with E-state index in [1.165, 1.54) is 24.1 Å². The molecular weight excluding hydrogens is 308 g/mol. The summed E-state index contributed by atoms with van der Waals surface area (Å²) < 4.78 is 0. The van der Waals surface area contributed by atoms with Gasteiger partial charge in [-0.05, 0) is 17.7 Å². The molecule has 72 valence electrons. The largest absolute Gasteiger partial charge is 0.205 e. The Bertz CT molecular complexity index is 246. The van der Waals surface area contributed by atoms with Gasteiger partial charge in [-0.1, -0.05) is 43.7 Å². The van der Waals surface area contributed by atoms with Gasteiger partial charge in [0.05, 0.1) is 0 Å². The minimum atomic E-state index is -1.32. The second-order valence-corrected chi connectivity index (χ2v) is 18.1. The van der Waals surface area contributed by atoms with E-state index in [2.05, 4.69) is 67.8 Å². The third kappa shape index (κ3) is 4.43. The lowest BCUT2D eigenvalue weighted by Gasteiger charge is -2.16. The summed E-state index contributed by atoms with van der Waals surface area (Å²) in [6.45, 7) is 2.23. The van der Waals surface area contributed by atoms with Crippen LogP contribution in [0.2, 0.25) is 6.04 Å². The zero-order chi connectivity index (χ0) is 9.73. The standard InChI is InChI=1S/C10H14Br2Si/c1-2-8-13(11,12)9-10-6-4-3-5-7-10/h3-7H,2,8-9H2,1H3. The van der Waals surface area contributed by atoms with Crippen LogP contribution in [0.15, 0.2) is 30.3 Å². The number of hydrogen-bond donors (Lipinski definition) is 0. The van der Waals surface area contributed by atoms with Crippen LogP contribution >= 0.6 is 30.6 Å². The summed E-state index contributed by atoms with van der Waals surface area (Å²) in [7, 11) is 0. The van der Waals surface area contributed by atoms with Gasteiger partial charge in [0.15, 0.2) is 0 Å². The van der Waals surface area contributed by atoms with Crippen molar-refractivity contribution in [1.82, 2.24) is 0 Å². The van der Waals surface area contributed by atoms with Crippen LogP contribution in [0.25, 0.3) is 0 Å². The van der Waals surface area contributed by atoms with E-state index >= 15 is 0 Å². The molecule has 1 aromatic carbocycles. The molecule has 13 heavy (non-hydrogen) atoms. The summed E-state index contributed by atoms with van der Waals surface area (Å²) in [6.07, 6.45) is 1.25. The third-order valence-electron chi connectivity index (χ3n) is 1.92. The van der Waals surface area contributed by atoms with Crippen molar-refractivity contribution in [3.63, 3.8) is 0 Å². The highest BCUT2D eigenvalue weighted by atomic mass is 79.9. The van der Waals surface area contributed by atoms with Crippen molar-refractivity contribution >= 4 is 35.9 Å². The molecule has 0 aliphatic rings. The second-order valence-electron chi connectivity index (χ2n) is 3.27. The first-order chi connectivity index (χ1) is 6.14. The van der Waals surface area contributed by atoms with E-state index in [0.29, 0.717) is 0 Å². The van der Waals surface area contributed by atoms with Gasteiger partial charge in [-0.3, -0.25) is 0 Å². The molecule has 0 spiro atoms. The molecule has 0 aromatic heterocycles. The molecule has 1 aromatic rings. The van der Waals surface area contributed by atoms with Crippen molar-refractivity contribution in [3.8, 4) is 0 Å². The van der Waals surface area contributed by atoms with Gasteiger partial charge in [-0.25, -0.2) is 0 Å². The number of hydrogen-bond acceptors (Lipinski definition) is 0. The van der Waals surface area contributed by atoms with Crippen LogP contribution in [-0.4, -0.2) is 5.31 Å². The normalized spacial score (nSPS) is 11.6. The Morgan fingerprint density at radius 2 is 1.77 bits per heavy atom. The van der Waals surface area contributed by atoms with Crippen molar-refractivity contribution in [1.29, 1.82) is 0 Å². The minimum absolute atomic E-state index is 1.17. The highest BCUT2D eigenvalue weighted by molar-refractivity contribution is 9.51. The quantitative estimate of drug-likeness (QED) is 0.569. The van der Waals surface area contributed by atoms with Gasteiger partial charge in [-0.15, -0.1) is 30.6 Å². The maximum atomic E-state index is 3.83. The van der Waals surface area contributed by atoms with E-state index in [1.807, 2.05) is 0 Å². The Kier molecular flexibility index (Phi) is 4.69. The lowest BCUT2D eigenvalue weighted by molar-refractivity contribution is 1.06. The van der Waals surface area contributed by atoms with Crippen molar-refractivity contribution in [2.24, 2.45) is 0 Å². The van der Waals surface area contributed by atoms with Crippen molar-refractivity contribution in [2.75, 3.05) is 0 Å². The zero-order valence-electron chi connectivity index (χ0n) is 7.76. The van der Waals surface area contributed by atoms with Crippen molar-refractivity contribution < 1.29 is 0 Å². The first-order valence-electron chi connectivity index (χ1n) is 4.56. The van der Waals surface area contributed by atoms with E-state index in [9.17, 15) is 0 Å². The molecular formula is C10H14Br2Si. The Balaban J connectivity index is 2.58. The predicted octanol–water partition coefficient (Wildman–Crippen LogP) is 4.41. The van der Waals surface area contributed by atoms with Gasteiger partial charge in [-0.2, -0.15) is 0 Å². The maximum absolute atomic E-state index is 3.83. The van der Waals surface area contributed by atoms with Gasteiger partial charge in [0.25, 0.3) is 0 Å². The summed E-state index contributed by atoms with van der Waals surface area (Å²) in [6, 6.07) is 13.1. The summed E-state index contributed by atoms with van der Waals surface area (Å²) in [5.74, 6) is 0. The summed E-state index contributed by atoms with van der Waals surface area (Å²) in [5.41, 5.74) is 1.43. The van der Waals surface area contributed by atoms with Crippen LogP contribution in [-0.2, 0) is 6.04 Å². The predicted molar refractivity (Wildman–Crippen MR) is 68.9 cm³/mol. The molecule has 0 fully saturated rings. The fourth-order valence-corrected chi connectivity index (χ4v) is 7.41. The molecule has 3 heteroatoms. The lowest BCUT2D eigenvalue weighted by atomic mass is 10.2. The van der Waals surface area contributed by atoms with Crippen LogP contribution in [0.3, 0.4) is 0 Å². The SMILES string of the molecule is CCC[Si](Br)(Br)Cc1ccccc1. The topological polar surface area (TPSA) is 0 Å². The van der Waals surface area contributed by atoms with E-state index in [-0.39, 0.29) is 0 Å². The van der Waals surface area contributed by atoms with Crippen LogP contribution in [0, 0.1) is 0 Å². The first kappa shape index (κ1) is 11.5. The van der Waals surface area contributed by atoms with Gasteiger partial charge >= 0.3 is 0 Å². The summed E-state index contributed by atoms with van der Waals surface area (Å²) in [5, 5.41) is -1.32. The van der Waals surface area contributed by atoms with Crippen LogP contribution in [0.5, 0.6) is 0 Å². The monoisotopic (exact) mass is 320 g/mol. The average Bonchev–Trinajstić information content (AvgIpc) is 2.04. The number of benzene rings is 1. The van der Waals surface area contributed by atoms with Gasteiger partial charge in [0, 0.05) is 0 Å². The molecule has 0 amide bonds. The summed E-state index contributed by atoms with van der Waals surface area (Å²) >= 11 is 7.67. The van der Waals surface area contributed by atoms with E-state index in [0.717, 1.165) is 0 Å². The van der Waals surface area contributed by atoms with Crippen LogP contribution in [0.1, 0.15) is 18.9 Å². The molecule has 0 unspecified atom stereocenters. The number of rotatable bonds is 4. The second kappa shape index (κ2) is 5.32. The molecule has 1 rings (SSSR count). The molecule has 0 aliphatic heterocycles. The molecule has 0 saturated carbocycles. The van der Waals surface area contributed by atoms with Crippen molar-refractivity contribution in [2.45, 2.75) is 25.4 Å². The molecule has 0 N–H and O–H groups in total. The first-order valence-corrected chi connectivity index (χ1v) is 11.5.